The number of aryl methyl sites for hydroxylation is 4. The molecule has 2 aromatic heterocycles. The predicted octanol–water partition coefficient (Wildman–Crippen LogP) is 11.5. The van der Waals surface area contributed by atoms with Gasteiger partial charge in [0, 0.05) is 65.3 Å². The van der Waals surface area contributed by atoms with Crippen molar-refractivity contribution < 1.29 is 21.6 Å². The minimum absolute atomic E-state index is 0.0542. The molecule has 2 unspecified atom stereocenters. The van der Waals surface area contributed by atoms with Gasteiger partial charge in [-0.05, 0) is 178 Å². The molecule has 4 heterocycles. The fourth-order valence-electron chi connectivity index (χ4n) is 8.83. The van der Waals surface area contributed by atoms with E-state index in [9.17, 15) is 21.6 Å². The van der Waals surface area contributed by atoms with Crippen molar-refractivity contribution in [3.63, 3.8) is 0 Å². The number of sulfonamides is 1. The Labute approximate surface area is 363 Å². The molecule has 0 spiro atoms. The minimum Gasteiger partial charge on any atom is -0.317 e. The monoisotopic (exact) mass is 1070 g/mol. The van der Waals surface area contributed by atoms with Crippen molar-refractivity contribution in [2.24, 2.45) is 11.8 Å². The standard InChI is InChI=1S/C20H18Br2ClF3N2O2S.C19H19Br2ClN2/c21-14-7-13-2-1-12-8-15(23)9-16(22)17(12)18(19(13)27-10-14)11-3-5-28(6-4-11)31(29,30)20(24,25)26;20-14-7-13-2-1-12-8-15(22)9-16(21)17(12)18(19(13)24-10-14)11-3-5-23-6-4-11/h7-11,18H,1-6H2;7-11,18,23H,1-6H2. The number of nitrogens with zero attached hydrogens (tertiary/aromatic N) is 3. The molecule has 2 saturated heterocycles. The third kappa shape index (κ3) is 8.93. The van der Waals surface area contributed by atoms with Gasteiger partial charge in [0.2, 0.25) is 0 Å². The lowest BCUT2D eigenvalue weighted by Crippen LogP contribution is -2.45. The van der Waals surface area contributed by atoms with Crippen LogP contribution in [0.2, 0.25) is 10.0 Å². The molecular weight excluding hydrogens is 1040 g/mol. The summed E-state index contributed by atoms with van der Waals surface area (Å²) in [4.78, 5) is 9.57. The molecule has 2 fully saturated rings. The Morgan fingerprint density at radius 2 is 1.07 bits per heavy atom. The number of hydrogen-bond acceptors (Lipinski definition) is 5. The number of halogens is 9. The number of alkyl halides is 3. The van der Waals surface area contributed by atoms with Crippen LogP contribution in [0.4, 0.5) is 13.2 Å². The van der Waals surface area contributed by atoms with Gasteiger partial charge in [-0.1, -0.05) is 55.1 Å². The van der Waals surface area contributed by atoms with Gasteiger partial charge in [0.25, 0.3) is 0 Å². The van der Waals surface area contributed by atoms with Crippen LogP contribution >= 0.6 is 86.9 Å². The van der Waals surface area contributed by atoms with E-state index >= 15 is 0 Å². The highest BCUT2D eigenvalue weighted by atomic mass is 79.9. The van der Waals surface area contributed by atoms with Gasteiger partial charge in [-0.15, -0.1) is 0 Å². The van der Waals surface area contributed by atoms with Crippen LogP contribution in [-0.2, 0) is 35.7 Å². The van der Waals surface area contributed by atoms with Crippen molar-refractivity contribution in [2.45, 2.75) is 68.7 Å². The minimum atomic E-state index is -5.32. The molecule has 2 aliphatic carbocycles. The number of benzene rings is 2. The lowest BCUT2D eigenvalue weighted by atomic mass is 9.77. The third-order valence-corrected chi connectivity index (χ3v) is 15.5. The SMILES string of the molecule is Clc1cc(Br)c2c(c1)CCc1cc(Br)cnc1C2C1CCNCC1.O=S(=O)(N1CCC(C2c3ncc(Br)cc3CCc3cc(Cl)cc(Br)c32)CC1)C(F)(F)F. The third-order valence-electron chi connectivity index (χ3n) is 11.3. The van der Waals surface area contributed by atoms with E-state index in [4.69, 9.17) is 33.2 Å². The largest absolute Gasteiger partial charge is 0.511 e. The Kier molecular flexibility index (Phi) is 13.2. The number of pyridine rings is 2. The van der Waals surface area contributed by atoms with Crippen LogP contribution in [0, 0.1) is 11.8 Å². The van der Waals surface area contributed by atoms with Gasteiger partial charge in [0.1, 0.15) is 0 Å². The Hall–Kier alpha value is -1.10. The normalized spacial score (nSPS) is 20.9. The zero-order valence-electron chi connectivity index (χ0n) is 29.4. The average Bonchev–Trinajstić information content (AvgIpc) is 3.40. The summed E-state index contributed by atoms with van der Waals surface area (Å²) in [7, 11) is -5.32. The second-order valence-electron chi connectivity index (χ2n) is 14.5. The molecule has 16 heteroatoms. The highest BCUT2D eigenvalue weighted by Crippen LogP contribution is 2.48. The number of aromatic nitrogens is 2. The molecule has 2 atom stereocenters. The fourth-order valence-corrected chi connectivity index (χ4v) is 12.8. The smallest absolute Gasteiger partial charge is 0.317 e. The Morgan fingerprint density at radius 3 is 1.51 bits per heavy atom. The van der Waals surface area contributed by atoms with E-state index in [0.29, 0.717) is 34.0 Å². The Bertz CT molecular complexity index is 2200. The Morgan fingerprint density at radius 1 is 0.655 bits per heavy atom. The molecular formula is C39H37Br4Cl2F3N4O2S. The van der Waals surface area contributed by atoms with Crippen LogP contribution in [0.3, 0.4) is 0 Å². The van der Waals surface area contributed by atoms with Gasteiger partial charge >= 0.3 is 15.5 Å². The van der Waals surface area contributed by atoms with Gasteiger partial charge in [-0.25, -0.2) is 8.42 Å². The number of hydrogen-bond donors (Lipinski definition) is 1. The van der Waals surface area contributed by atoms with E-state index < -0.39 is 15.5 Å². The molecule has 0 bridgehead atoms. The van der Waals surface area contributed by atoms with Crippen molar-refractivity contribution in [3.8, 4) is 0 Å². The quantitative estimate of drug-likeness (QED) is 0.221. The van der Waals surface area contributed by atoms with Crippen molar-refractivity contribution in [2.75, 3.05) is 26.2 Å². The Balaban J connectivity index is 0.000000174. The molecule has 0 radical (unpaired) electrons. The highest BCUT2D eigenvalue weighted by Gasteiger charge is 2.51. The second kappa shape index (κ2) is 17.2. The van der Waals surface area contributed by atoms with Gasteiger partial charge in [-0.3, -0.25) is 9.97 Å². The van der Waals surface area contributed by atoms with E-state index in [2.05, 4.69) is 81.2 Å². The summed E-state index contributed by atoms with van der Waals surface area (Å²) in [5, 5.41) is 4.91. The first kappa shape index (κ1) is 42.0. The fraction of sp³-hybridized carbons (Fsp3) is 0.436. The van der Waals surface area contributed by atoms with Gasteiger partial charge in [0.05, 0.1) is 11.4 Å². The first-order valence-corrected chi connectivity index (χ1v) is 23.5. The summed E-state index contributed by atoms with van der Waals surface area (Å²) in [5.41, 5.74) is 4.19. The van der Waals surface area contributed by atoms with Crippen LogP contribution < -0.4 is 5.32 Å². The summed E-state index contributed by atoms with van der Waals surface area (Å²) in [6.45, 7) is 1.84. The molecule has 1 N–H and O–H groups in total. The summed E-state index contributed by atoms with van der Waals surface area (Å²) in [6, 6.07) is 12.2. The first-order valence-electron chi connectivity index (χ1n) is 18.1. The maximum atomic E-state index is 13.0. The summed E-state index contributed by atoms with van der Waals surface area (Å²) >= 11 is 27.1. The first-order chi connectivity index (χ1) is 26.1. The number of rotatable bonds is 3. The van der Waals surface area contributed by atoms with Gasteiger partial charge < -0.3 is 5.32 Å². The molecule has 2 aromatic carbocycles. The number of fused-ring (bicyclic) bond motifs is 4. The van der Waals surface area contributed by atoms with E-state index in [-0.39, 0.29) is 24.9 Å². The van der Waals surface area contributed by atoms with Gasteiger partial charge in [-0.2, -0.15) is 17.5 Å². The molecule has 4 aromatic rings. The molecule has 55 heavy (non-hydrogen) atoms. The highest BCUT2D eigenvalue weighted by molar-refractivity contribution is 9.11. The lowest BCUT2D eigenvalue weighted by molar-refractivity contribution is -0.0497. The lowest BCUT2D eigenvalue weighted by Gasteiger charge is -2.36. The number of piperidine rings is 2. The second-order valence-corrected chi connectivity index (χ2v) is 20.9. The zero-order chi connectivity index (χ0) is 39.2. The maximum Gasteiger partial charge on any atom is 0.511 e. The van der Waals surface area contributed by atoms with Gasteiger partial charge in [0.15, 0.2) is 0 Å². The van der Waals surface area contributed by atoms with Crippen LogP contribution in [0.25, 0.3) is 0 Å². The summed E-state index contributed by atoms with van der Waals surface area (Å²) < 4.78 is 67.1. The predicted molar refractivity (Wildman–Crippen MR) is 226 cm³/mol. The molecule has 4 aliphatic rings. The molecule has 294 valence electrons. The summed E-state index contributed by atoms with van der Waals surface area (Å²) in [5.74, 6) is 0.747. The van der Waals surface area contributed by atoms with Crippen molar-refractivity contribution >= 4 is 96.9 Å². The molecule has 0 saturated carbocycles. The number of nitrogens with one attached hydrogen (secondary N) is 1. The van der Waals surface area contributed by atoms with Crippen molar-refractivity contribution in [1.29, 1.82) is 0 Å². The molecule has 2 aliphatic heterocycles. The topological polar surface area (TPSA) is 75.2 Å². The van der Waals surface area contributed by atoms with Crippen molar-refractivity contribution in [3.05, 3.63) is 121 Å². The maximum absolute atomic E-state index is 13.0. The average molecular weight is 1070 g/mol. The zero-order valence-corrected chi connectivity index (χ0v) is 38.1. The molecule has 8 rings (SSSR count). The van der Waals surface area contributed by atoms with Crippen LogP contribution in [-0.4, -0.2) is 54.4 Å². The van der Waals surface area contributed by atoms with Crippen LogP contribution in [0.5, 0.6) is 0 Å². The molecule has 6 nitrogen and oxygen atoms in total. The van der Waals surface area contributed by atoms with E-state index in [1.807, 2.05) is 30.5 Å². The van der Waals surface area contributed by atoms with Crippen LogP contribution in [0.1, 0.15) is 82.3 Å². The van der Waals surface area contributed by atoms with E-state index in [1.165, 1.54) is 35.2 Å². The van der Waals surface area contributed by atoms with Crippen LogP contribution in [0.15, 0.2) is 66.7 Å². The molecule has 0 amide bonds. The van der Waals surface area contributed by atoms with E-state index in [1.54, 1.807) is 6.20 Å². The van der Waals surface area contributed by atoms with E-state index in [0.717, 1.165) is 84.1 Å². The van der Waals surface area contributed by atoms with Crippen molar-refractivity contribution in [1.82, 2.24) is 19.6 Å². The summed E-state index contributed by atoms with van der Waals surface area (Å²) in [6.07, 6.45) is 10.2.